The zero-order valence-electron chi connectivity index (χ0n) is 10.6. The van der Waals surface area contributed by atoms with Crippen LogP contribution in [0.2, 0.25) is 0 Å². The van der Waals surface area contributed by atoms with Crippen LogP contribution in [0, 0.1) is 5.82 Å². The van der Waals surface area contributed by atoms with Gasteiger partial charge in [0.05, 0.1) is 15.5 Å². The third-order valence-corrected chi connectivity index (χ3v) is 4.44. The Morgan fingerprint density at radius 1 is 1.42 bits per heavy atom. The number of rotatable bonds is 1. The molecule has 0 spiro atoms. The lowest BCUT2D eigenvalue weighted by Gasteiger charge is -2.36. The van der Waals surface area contributed by atoms with Crippen LogP contribution in [-0.4, -0.2) is 22.8 Å². The molecule has 1 aromatic carbocycles. The molecular weight excluding hydrogens is 313 g/mol. The fraction of sp³-hybridized carbons (Fsp3) is 0.462. The Bertz CT molecular complexity index is 634. The van der Waals surface area contributed by atoms with Crippen molar-refractivity contribution < 1.29 is 9.13 Å². The van der Waals surface area contributed by atoms with E-state index in [2.05, 4.69) is 27.8 Å². The Morgan fingerprint density at radius 3 is 2.79 bits per heavy atom. The lowest BCUT2D eigenvalue weighted by molar-refractivity contribution is 0.0320. The molecule has 1 saturated heterocycles. The van der Waals surface area contributed by atoms with E-state index >= 15 is 0 Å². The summed E-state index contributed by atoms with van der Waals surface area (Å²) in [5.41, 5.74) is 7.36. The molecule has 1 fully saturated rings. The van der Waals surface area contributed by atoms with E-state index in [-0.39, 0.29) is 11.4 Å². The Labute approximate surface area is 118 Å². The zero-order chi connectivity index (χ0) is 13.6. The molecule has 1 aliphatic heterocycles. The summed E-state index contributed by atoms with van der Waals surface area (Å²) in [4.78, 5) is 4.27. The van der Waals surface area contributed by atoms with Gasteiger partial charge in [-0.25, -0.2) is 9.37 Å². The van der Waals surface area contributed by atoms with Crippen LogP contribution in [-0.2, 0) is 10.3 Å². The second kappa shape index (κ2) is 4.45. The maximum atomic E-state index is 13.6. The van der Waals surface area contributed by atoms with Gasteiger partial charge in [0.25, 0.3) is 0 Å². The van der Waals surface area contributed by atoms with Gasteiger partial charge in [0, 0.05) is 24.8 Å². The van der Waals surface area contributed by atoms with Gasteiger partial charge >= 0.3 is 0 Å². The number of fused-ring (bicyclic) bond motifs is 1. The summed E-state index contributed by atoms with van der Waals surface area (Å²) >= 11 is 3.22. The number of benzene rings is 1. The van der Waals surface area contributed by atoms with Gasteiger partial charge in [-0.1, -0.05) is 0 Å². The standard InChI is InChI=1S/C13H15BrFN3O/c1-13(2-4-19-5-3-13)18-11-6-8(14)9(15)7-10(11)17-12(18)16/h6-7H,2-5H2,1H3,(H2,16,17). The molecule has 0 saturated carbocycles. The number of nitrogens with two attached hydrogens (primary N) is 1. The van der Waals surface area contributed by atoms with Gasteiger partial charge in [0.15, 0.2) is 0 Å². The topological polar surface area (TPSA) is 53.1 Å². The van der Waals surface area contributed by atoms with Crippen LogP contribution in [0.4, 0.5) is 10.3 Å². The second-order valence-corrected chi connectivity index (χ2v) is 6.02. The van der Waals surface area contributed by atoms with Crippen molar-refractivity contribution in [2.24, 2.45) is 0 Å². The highest BCUT2D eigenvalue weighted by Crippen LogP contribution is 2.36. The van der Waals surface area contributed by atoms with E-state index in [0.29, 0.717) is 29.2 Å². The first-order valence-electron chi connectivity index (χ1n) is 6.22. The molecule has 1 aliphatic rings. The number of nitrogens with zero attached hydrogens (tertiary/aromatic N) is 2. The Balaban J connectivity index is 2.22. The van der Waals surface area contributed by atoms with Crippen LogP contribution < -0.4 is 5.73 Å². The fourth-order valence-corrected chi connectivity index (χ4v) is 3.02. The number of halogens is 2. The van der Waals surface area contributed by atoms with E-state index < -0.39 is 0 Å². The summed E-state index contributed by atoms with van der Waals surface area (Å²) in [6.45, 7) is 3.56. The van der Waals surface area contributed by atoms with Crippen molar-refractivity contribution in [3.63, 3.8) is 0 Å². The van der Waals surface area contributed by atoms with Crippen molar-refractivity contribution in [1.82, 2.24) is 9.55 Å². The molecule has 0 radical (unpaired) electrons. The van der Waals surface area contributed by atoms with Gasteiger partial charge in [-0.3, -0.25) is 0 Å². The number of anilines is 1. The van der Waals surface area contributed by atoms with E-state index in [9.17, 15) is 4.39 Å². The average molecular weight is 328 g/mol. The molecule has 2 heterocycles. The van der Waals surface area contributed by atoms with Gasteiger partial charge in [0.2, 0.25) is 5.95 Å². The number of aromatic nitrogens is 2. The molecule has 6 heteroatoms. The molecule has 0 atom stereocenters. The summed E-state index contributed by atoms with van der Waals surface area (Å²) in [5.74, 6) is 0.103. The first kappa shape index (κ1) is 12.9. The molecule has 3 rings (SSSR count). The molecule has 19 heavy (non-hydrogen) atoms. The molecule has 2 N–H and O–H groups in total. The van der Waals surface area contributed by atoms with E-state index in [1.165, 1.54) is 6.07 Å². The van der Waals surface area contributed by atoms with Gasteiger partial charge in [-0.15, -0.1) is 0 Å². The van der Waals surface area contributed by atoms with Gasteiger partial charge in [0.1, 0.15) is 5.82 Å². The minimum atomic E-state index is -0.325. The van der Waals surface area contributed by atoms with Crippen molar-refractivity contribution in [3.05, 3.63) is 22.4 Å². The number of hydrogen-bond donors (Lipinski definition) is 1. The Morgan fingerprint density at radius 2 is 2.11 bits per heavy atom. The zero-order valence-corrected chi connectivity index (χ0v) is 12.2. The second-order valence-electron chi connectivity index (χ2n) is 5.17. The van der Waals surface area contributed by atoms with Crippen LogP contribution in [0.25, 0.3) is 11.0 Å². The van der Waals surface area contributed by atoms with Gasteiger partial charge in [-0.2, -0.15) is 0 Å². The summed E-state index contributed by atoms with van der Waals surface area (Å²) in [7, 11) is 0. The third kappa shape index (κ3) is 2.03. The highest BCUT2D eigenvalue weighted by molar-refractivity contribution is 9.10. The van der Waals surface area contributed by atoms with Gasteiger partial charge in [-0.05, 0) is 41.8 Å². The fourth-order valence-electron chi connectivity index (χ4n) is 2.69. The van der Waals surface area contributed by atoms with Crippen molar-refractivity contribution in [2.45, 2.75) is 25.3 Å². The van der Waals surface area contributed by atoms with Crippen LogP contribution >= 0.6 is 15.9 Å². The number of nitrogen functional groups attached to an aromatic ring is 1. The van der Waals surface area contributed by atoms with Crippen LogP contribution in [0.5, 0.6) is 0 Å². The van der Waals surface area contributed by atoms with E-state index in [1.807, 2.05) is 4.57 Å². The van der Waals surface area contributed by atoms with Crippen LogP contribution in [0.1, 0.15) is 19.8 Å². The lowest BCUT2D eigenvalue weighted by atomic mass is 9.92. The molecule has 0 aliphatic carbocycles. The molecule has 0 bridgehead atoms. The SMILES string of the molecule is CC1(n2c(N)nc3cc(F)c(Br)cc32)CCOCC1. The number of hydrogen-bond acceptors (Lipinski definition) is 3. The predicted molar refractivity (Wildman–Crippen MR) is 75.5 cm³/mol. The third-order valence-electron chi connectivity index (χ3n) is 3.83. The molecule has 102 valence electrons. The van der Waals surface area contributed by atoms with Crippen molar-refractivity contribution in [2.75, 3.05) is 18.9 Å². The van der Waals surface area contributed by atoms with Crippen LogP contribution in [0.3, 0.4) is 0 Å². The lowest BCUT2D eigenvalue weighted by Crippen LogP contribution is -2.37. The average Bonchev–Trinajstić information content (AvgIpc) is 2.67. The quantitative estimate of drug-likeness (QED) is 0.875. The monoisotopic (exact) mass is 327 g/mol. The highest BCUT2D eigenvalue weighted by atomic mass is 79.9. The maximum Gasteiger partial charge on any atom is 0.201 e. The molecule has 1 aromatic heterocycles. The summed E-state index contributed by atoms with van der Waals surface area (Å²) in [5, 5.41) is 0. The number of ether oxygens (including phenoxy) is 1. The minimum Gasteiger partial charge on any atom is -0.381 e. The van der Waals surface area contributed by atoms with E-state index in [1.54, 1.807) is 6.07 Å². The van der Waals surface area contributed by atoms with E-state index in [0.717, 1.165) is 18.4 Å². The van der Waals surface area contributed by atoms with Crippen molar-refractivity contribution in [1.29, 1.82) is 0 Å². The first-order chi connectivity index (χ1) is 9.01. The van der Waals surface area contributed by atoms with E-state index in [4.69, 9.17) is 10.5 Å². The number of imidazole rings is 1. The Hall–Kier alpha value is -1.14. The molecule has 0 unspecified atom stereocenters. The highest BCUT2D eigenvalue weighted by Gasteiger charge is 2.32. The first-order valence-corrected chi connectivity index (χ1v) is 7.02. The summed E-state index contributed by atoms with van der Waals surface area (Å²) in [6.07, 6.45) is 1.75. The Kier molecular flexibility index (Phi) is 3.02. The summed E-state index contributed by atoms with van der Waals surface area (Å²) < 4.78 is 21.4. The van der Waals surface area contributed by atoms with Gasteiger partial charge < -0.3 is 15.0 Å². The normalized spacial score (nSPS) is 18.9. The predicted octanol–water partition coefficient (Wildman–Crippen LogP) is 3.05. The smallest absolute Gasteiger partial charge is 0.201 e. The minimum absolute atomic E-state index is 0.131. The molecular formula is C13H15BrFN3O. The molecule has 0 amide bonds. The van der Waals surface area contributed by atoms with Crippen LogP contribution in [0.15, 0.2) is 16.6 Å². The summed E-state index contributed by atoms with van der Waals surface area (Å²) in [6, 6.07) is 3.16. The molecule has 4 nitrogen and oxygen atoms in total. The van der Waals surface area contributed by atoms with Crippen molar-refractivity contribution >= 4 is 32.9 Å². The maximum absolute atomic E-state index is 13.6. The molecule has 2 aromatic rings. The largest absolute Gasteiger partial charge is 0.381 e. The van der Waals surface area contributed by atoms with Crippen molar-refractivity contribution in [3.8, 4) is 0 Å².